The monoisotopic (exact) mass is 272 g/mol. The first-order valence-corrected chi connectivity index (χ1v) is 6.68. The van der Waals surface area contributed by atoms with Gasteiger partial charge in [0, 0.05) is 19.2 Å². The number of nitrogens with zero attached hydrogens (tertiary/aromatic N) is 1. The summed E-state index contributed by atoms with van der Waals surface area (Å²) in [5.74, 6) is 1.78. The summed E-state index contributed by atoms with van der Waals surface area (Å²) in [4.78, 5) is 13.7. The Labute approximate surface area is 119 Å². The lowest BCUT2D eigenvalue weighted by Gasteiger charge is -2.15. The molecule has 0 atom stereocenters. The van der Waals surface area contributed by atoms with Gasteiger partial charge in [-0.15, -0.1) is 0 Å². The van der Waals surface area contributed by atoms with Gasteiger partial charge < -0.3 is 15.1 Å². The molecule has 1 heterocycles. The van der Waals surface area contributed by atoms with Crippen molar-refractivity contribution in [3.8, 4) is 0 Å². The van der Waals surface area contributed by atoms with Gasteiger partial charge >= 0.3 is 0 Å². The molecule has 2 rings (SSSR count). The minimum atomic E-state index is 0.107. The summed E-state index contributed by atoms with van der Waals surface area (Å²) < 4.78 is 5.47. The van der Waals surface area contributed by atoms with Gasteiger partial charge in [-0.3, -0.25) is 4.79 Å². The summed E-state index contributed by atoms with van der Waals surface area (Å²) in [7, 11) is 1.79. The van der Waals surface area contributed by atoms with Crippen LogP contribution >= 0.6 is 0 Å². The Bertz CT molecular complexity index is 572. The molecule has 0 spiro atoms. The van der Waals surface area contributed by atoms with Crippen LogP contribution in [-0.2, 0) is 17.8 Å². The van der Waals surface area contributed by atoms with Crippen molar-refractivity contribution in [1.82, 2.24) is 4.90 Å². The number of nitrogens with two attached hydrogens (primary N) is 1. The van der Waals surface area contributed by atoms with Gasteiger partial charge in [0.15, 0.2) is 0 Å². The Balaban J connectivity index is 1.83. The number of hydrogen-bond acceptors (Lipinski definition) is 3. The summed E-state index contributed by atoms with van der Waals surface area (Å²) in [6.45, 7) is 2.40. The number of furan rings is 1. The van der Waals surface area contributed by atoms with Crippen molar-refractivity contribution in [2.24, 2.45) is 0 Å². The van der Waals surface area contributed by atoms with Crippen molar-refractivity contribution in [1.29, 1.82) is 0 Å². The van der Waals surface area contributed by atoms with E-state index >= 15 is 0 Å². The maximum atomic E-state index is 12.1. The first-order valence-electron chi connectivity index (χ1n) is 6.68. The highest BCUT2D eigenvalue weighted by atomic mass is 16.3. The van der Waals surface area contributed by atoms with Gasteiger partial charge in [-0.05, 0) is 43.2 Å². The highest BCUT2D eigenvalue weighted by Gasteiger charge is 2.11. The summed E-state index contributed by atoms with van der Waals surface area (Å²) in [6, 6.07) is 11.4. The molecule has 20 heavy (non-hydrogen) atoms. The maximum absolute atomic E-state index is 12.1. The molecule has 0 aliphatic rings. The van der Waals surface area contributed by atoms with Gasteiger partial charge in [0.2, 0.25) is 5.91 Å². The summed E-state index contributed by atoms with van der Waals surface area (Å²) >= 11 is 0. The number of anilines is 1. The predicted octanol–water partition coefficient (Wildman–Crippen LogP) is 2.76. The number of rotatable bonds is 5. The van der Waals surface area contributed by atoms with Crippen LogP contribution in [-0.4, -0.2) is 17.9 Å². The van der Waals surface area contributed by atoms with Crippen LogP contribution in [0.5, 0.6) is 0 Å². The third-order valence-electron chi connectivity index (χ3n) is 3.22. The number of amides is 1. The van der Waals surface area contributed by atoms with Gasteiger partial charge in [-0.2, -0.15) is 0 Å². The topological polar surface area (TPSA) is 59.5 Å². The Kier molecular flexibility index (Phi) is 4.45. The van der Waals surface area contributed by atoms with Gasteiger partial charge in [-0.25, -0.2) is 0 Å². The van der Waals surface area contributed by atoms with Crippen LogP contribution in [0.15, 0.2) is 40.8 Å². The Morgan fingerprint density at radius 2 is 1.90 bits per heavy atom. The molecule has 0 fully saturated rings. The molecule has 4 heteroatoms. The van der Waals surface area contributed by atoms with Gasteiger partial charge in [-0.1, -0.05) is 12.1 Å². The van der Waals surface area contributed by atoms with E-state index in [1.54, 1.807) is 11.9 Å². The molecular formula is C16H20N2O2. The van der Waals surface area contributed by atoms with Crippen LogP contribution in [0.25, 0.3) is 0 Å². The molecule has 0 aliphatic carbocycles. The minimum Gasteiger partial charge on any atom is -0.464 e. The number of hydrogen-bond donors (Lipinski definition) is 1. The SMILES string of the molecule is Cc1ccc(CN(C)C(=O)CCc2ccc(N)cc2)o1. The number of carbonyl (C=O) groups excluding carboxylic acids is 1. The number of carbonyl (C=O) groups is 1. The average molecular weight is 272 g/mol. The predicted molar refractivity (Wildman–Crippen MR) is 79.1 cm³/mol. The molecule has 2 aromatic rings. The van der Waals surface area contributed by atoms with E-state index in [0.717, 1.165) is 29.2 Å². The fraction of sp³-hybridized carbons (Fsp3) is 0.312. The highest BCUT2D eigenvalue weighted by Crippen LogP contribution is 2.11. The largest absolute Gasteiger partial charge is 0.464 e. The quantitative estimate of drug-likeness (QED) is 0.851. The third kappa shape index (κ3) is 3.88. The van der Waals surface area contributed by atoms with Gasteiger partial charge in [0.05, 0.1) is 6.54 Å². The van der Waals surface area contributed by atoms with E-state index in [1.807, 2.05) is 43.3 Å². The minimum absolute atomic E-state index is 0.107. The lowest BCUT2D eigenvalue weighted by Crippen LogP contribution is -2.26. The molecule has 2 N–H and O–H groups in total. The average Bonchev–Trinajstić information content (AvgIpc) is 2.83. The van der Waals surface area contributed by atoms with E-state index in [9.17, 15) is 4.79 Å². The fourth-order valence-electron chi connectivity index (χ4n) is 2.02. The highest BCUT2D eigenvalue weighted by molar-refractivity contribution is 5.76. The van der Waals surface area contributed by atoms with E-state index in [-0.39, 0.29) is 5.91 Å². The molecule has 106 valence electrons. The van der Waals surface area contributed by atoms with Crippen LogP contribution in [0.3, 0.4) is 0 Å². The van der Waals surface area contributed by atoms with Crippen LogP contribution in [0.1, 0.15) is 23.5 Å². The second kappa shape index (κ2) is 6.28. The number of nitrogen functional groups attached to an aromatic ring is 1. The third-order valence-corrected chi connectivity index (χ3v) is 3.22. The van der Waals surface area contributed by atoms with Gasteiger partial charge in [0.25, 0.3) is 0 Å². The molecule has 1 amide bonds. The number of aryl methyl sites for hydroxylation is 2. The van der Waals surface area contributed by atoms with E-state index in [0.29, 0.717) is 13.0 Å². The molecule has 0 unspecified atom stereocenters. The van der Waals surface area contributed by atoms with Crippen molar-refractivity contribution >= 4 is 11.6 Å². The van der Waals surface area contributed by atoms with Crippen molar-refractivity contribution in [2.45, 2.75) is 26.3 Å². The molecule has 0 bridgehead atoms. The molecule has 1 aromatic carbocycles. The van der Waals surface area contributed by atoms with E-state index in [1.165, 1.54) is 0 Å². The van der Waals surface area contributed by atoms with Crippen molar-refractivity contribution in [2.75, 3.05) is 12.8 Å². The fourth-order valence-corrected chi connectivity index (χ4v) is 2.02. The first-order chi connectivity index (χ1) is 9.54. The lowest BCUT2D eigenvalue weighted by molar-refractivity contribution is -0.130. The Hall–Kier alpha value is -2.23. The maximum Gasteiger partial charge on any atom is 0.223 e. The zero-order valence-corrected chi connectivity index (χ0v) is 11.9. The first kappa shape index (κ1) is 14.2. The molecule has 0 radical (unpaired) electrons. The zero-order chi connectivity index (χ0) is 14.5. The molecule has 1 aromatic heterocycles. The summed E-state index contributed by atoms with van der Waals surface area (Å²) in [5.41, 5.74) is 7.49. The van der Waals surface area contributed by atoms with Crippen molar-refractivity contribution in [3.05, 3.63) is 53.5 Å². The zero-order valence-electron chi connectivity index (χ0n) is 11.9. The van der Waals surface area contributed by atoms with E-state index in [4.69, 9.17) is 10.2 Å². The second-order valence-electron chi connectivity index (χ2n) is 5.00. The second-order valence-corrected chi connectivity index (χ2v) is 5.00. The molecule has 0 saturated carbocycles. The summed E-state index contributed by atoms with van der Waals surface area (Å²) in [6.07, 6.45) is 1.21. The van der Waals surface area contributed by atoms with Crippen molar-refractivity contribution < 1.29 is 9.21 Å². The lowest BCUT2D eigenvalue weighted by atomic mass is 10.1. The Morgan fingerprint density at radius 3 is 2.50 bits per heavy atom. The molecule has 4 nitrogen and oxygen atoms in total. The normalized spacial score (nSPS) is 10.5. The van der Waals surface area contributed by atoms with E-state index in [2.05, 4.69) is 0 Å². The van der Waals surface area contributed by atoms with E-state index < -0.39 is 0 Å². The standard InChI is InChI=1S/C16H20N2O2/c1-12-3-9-15(20-12)11-18(2)16(19)10-6-13-4-7-14(17)8-5-13/h3-5,7-9H,6,10-11,17H2,1-2H3. The van der Waals surface area contributed by atoms with Gasteiger partial charge in [0.1, 0.15) is 11.5 Å². The summed E-state index contributed by atoms with van der Waals surface area (Å²) in [5, 5.41) is 0. The van der Waals surface area contributed by atoms with Crippen LogP contribution in [0.4, 0.5) is 5.69 Å². The molecular weight excluding hydrogens is 252 g/mol. The van der Waals surface area contributed by atoms with Crippen molar-refractivity contribution in [3.63, 3.8) is 0 Å². The van der Waals surface area contributed by atoms with Crippen LogP contribution in [0, 0.1) is 6.92 Å². The Morgan fingerprint density at radius 1 is 1.20 bits per heavy atom. The van der Waals surface area contributed by atoms with Crippen LogP contribution < -0.4 is 5.73 Å². The molecule has 0 aliphatic heterocycles. The number of benzene rings is 1. The molecule has 0 saturated heterocycles. The smallest absolute Gasteiger partial charge is 0.223 e. The van der Waals surface area contributed by atoms with Crippen LogP contribution in [0.2, 0.25) is 0 Å².